The minimum absolute atomic E-state index is 0.158. The fourth-order valence-electron chi connectivity index (χ4n) is 3.61. The van der Waals surface area contributed by atoms with Gasteiger partial charge in [-0.05, 0) is 49.7 Å². The van der Waals surface area contributed by atoms with Crippen LogP contribution in [-0.2, 0) is 22.4 Å². The van der Waals surface area contributed by atoms with Gasteiger partial charge in [-0.2, -0.15) is 0 Å². The van der Waals surface area contributed by atoms with Gasteiger partial charge in [0.05, 0.1) is 0 Å². The van der Waals surface area contributed by atoms with Crippen LogP contribution in [0.3, 0.4) is 0 Å². The highest BCUT2D eigenvalue weighted by molar-refractivity contribution is 5.76. The first-order valence-corrected chi connectivity index (χ1v) is 11.9. The first-order chi connectivity index (χ1) is 15.2. The van der Waals surface area contributed by atoms with Gasteiger partial charge in [0.2, 0.25) is 11.8 Å². The third-order valence-electron chi connectivity index (χ3n) is 5.42. The molecule has 0 heterocycles. The Bertz CT molecular complexity index is 668. The van der Waals surface area contributed by atoms with Gasteiger partial charge >= 0.3 is 0 Å². The summed E-state index contributed by atoms with van der Waals surface area (Å²) in [4.78, 5) is 23.8. The summed E-state index contributed by atoms with van der Waals surface area (Å²) >= 11 is 0. The van der Waals surface area contributed by atoms with Gasteiger partial charge in [0.25, 0.3) is 0 Å². The third-order valence-corrected chi connectivity index (χ3v) is 5.42. The lowest BCUT2D eigenvalue weighted by Crippen LogP contribution is -2.24. The molecular formula is C27H38N2O2. The minimum Gasteiger partial charge on any atom is -0.356 e. The Balaban J connectivity index is 1.33. The normalized spacial score (nSPS) is 10.6. The quantitative estimate of drug-likeness (QED) is 0.365. The molecule has 2 rings (SSSR count). The summed E-state index contributed by atoms with van der Waals surface area (Å²) in [6, 6.07) is 20.6. The molecule has 4 heteroatoms. The number of amides is 2. The van der Waals surface area contributed by atoms with E-state index in [1.807, 2.05) is 36.4 Å². The zero-order valence-corrected chi connectivity index (χ0v) is 18.8. The smallest absolute Gasteiger partial charge is 0.220 e. The van der Waals surface area contributed by atoms with Crippen molar-refractivity contribution in [1.82, 2.24) is 10.6 Å². The summed E-state index contributed by atoms with van der Waals surface area (Å²) in [5.74, 6) is 0.316. The van der Waals surface area contributed by atoms with Gasteiger partial charge in [-0.1, -0.05) is 79.9 Å². The lowest BCUT2D eigenvalue weighted by atomic mass is 10.1. The number of hydrogen-bond acceptors (Lipinski definition) is 2. The molecule has 0 fully saturated rings. The summed E-state index contributed by atoms with van der Waals surface area (Å²) < 4.78 is 0. The van der Waals surface area contributed by atoms with Crippen molar-refractivity contribution in [3.05, 3.63) is 71.8 Å². The van der Waals surface area contributed by atoms with Crippen molar-refractivity contribution in [1.29, 1.82) is 0 Å². The van der Waals surface area contributed by atoms with Crippen LogP contribution in [0.15, 0.2) is 60.7 Å². The van der Waals surface area contributed by atoms with Crippen LogP contribution in [0, 0.1) is 0 Å². The lowest BCUT2D eigenvalue weighted by molar-refractivity contribution is -0.122. The molecule has 31 heavy (non-hydrogen) atoms. The maximum Gasteiger partial charge on any atom is 0.220 e. The third kappa shape index (κ3) is 12.6. The van der Waals surface area contributed by atoms with Crippen LogP contribution in [0.4, 0.5) is 0 Å². The van der Waals surface area contributed by atoms with E-state index < -0.39 is 0 Å². The van der Waals surface area contributed by atoms with Gasteiger partial charge < -0.3 is 10.6 Å². The Labute approximate surface area is 187 Å². The summed E-state index contributed by atoms with van der Waals surface area (Å²) in [6.07, 6.45) is 10.3. The summed E-state index contributed by atoms with van der Waals surface area (Å²) in [5, 5.41) is 6.04. The van der Waals surface area contributed by atoms with Crippen molar-refractivity contribution in [3.8, 4) is 0 Å². The molecule has 2 amide bonds. The molecule has 0 radical (unpaired) electrons. The predicted molar refractivity (Wildman–Crippen MR) is 128 cm³/mol. The molecule has 168 valence electrons. The largest absolute Gasteiger partial charge is 0.356 e. The average Bonchev–Trinajstić information content (AvgIpc) is 2.79. The summed E-state index contributed by atoms with van der Waals surface area (Å²) in [7, 11) is 0. The SMILES string of the molecule is O=C(CCCc1ccccc1)NCCCCCCCNC(=O)CCCc1ccccc1. The maximum atomic E-state index is 11.9. The molecule has 0 aliphatic rings. The number of nitrogens with one attached hydrogen (secondary N) is 2. The van der Waals surface area contributed by atoms with E-state index >= 15 is 0 Å². The van der Waals surface area contributed by atoms with Crippen molar-refractivity contribution in [2.45, 2.75) is 70.6 Å². The molecule has 0 aliphatic carbocycles. The van der Waals surface area contributed by atoms with Crippen molar-refractivity contribution >= 4 is 11.8 Å². The van der Waals surface area contributed by atoms with Crippen molar-refractivity contribution < 1.29 is 9.59 Å². The van der Waals surface area contributed by atoms with E-state index in [-0.39, 0.29) is 11.8 Å². The van der Waals surface area contributed by atoms with Crippen LogP contribution in [0.25, 0.3) is 0 Å². The van der Waals surface area contributed by atoms with E-state index in [9.17, 15) is 9.59 Å². The number of unbranched alkanes of at least 4 members (excludes halogenated alkanes) is 4. The second kappa shape index (κ2) is 16.1. The number of carbonyl (C=O) groups is 2. The molecule has 2 aromatic rings. The Kier molecular flexibility index (Phi) is 12.8. The second-order valence-corrected chi connectivity index (χ2v) is 8.15. The summed E-state index contributed by atoms with van der Waals surface area (Å²) in [6.45, 7) is 1.53. The van der Waals surface area contributed by atoms with Crippen LogP contribution in [-0.4, -0.2) is 24.9 Å². The highest BCUT2D eigenvalue weighted by Crippen LogP contribution is 2.06. The van der Waals surface area contributed by atoms with Crippen LogP contribution < -0.4 is 10.6 Å². The molecule has 2 N–H and O–H groups in total. The predicted octanol–water partition coefficient (Wildman–Crippen LogP) is 5.22. The van der Waals surface area contributed by atoms with Crippen molar-refractivity contribution in [2.24, 2.45) is 0 Å². The molecule has 4 nitrogen and oxygen atoms in total. The molecule has 0 spiro atoms. The molecule has 0 saturated heterocycles. The van der Waals surface area contributed by atoms with E-state index in [1.54, 1.807) is 0 Å². The van der Waals surface area contributed by atoms with Gasteiger partial charge in [0, 0.05) is 25.9 Å². The highest BCUT2D eigenvalue weighted by atomic mass is 16.2. The van der Waals surface area contributed by atoms with Gasteiger partial charge in [-0.3, -0.25) is 9.59 Å². The molecule has 2 aromatic carbocycles. The van der Waals surface area contributed by atoms with E-state index in [0.717, 1.165) is 70.9 Å². The standard InChI is InChI=1S/C27H38N2O2/c30-26(20-12-18-24-14-6-4-7-15-24)28-22-10-2-1-3-11-23-29-27(31)21-13-19-25-16-8-5-9-17-25/h4-9,14-17H,1-3,10-13,18-23H2,(H,28,30)(H,29,31). The first kappa shape index (κ1) is 24.6. The van der Waals surface area contributed by atoms with E-state index in [4.69, 9.17) is 0 Å². The Morgan fingerprint density at radius 2 is 0.903 bits per heavy atom. The second-order valence-electron chi connectivity index (χ2n) is 8.15. The number of rotatable bonds is 16. The number of hydrogen-bond donors (Lipinski definition) is 2. The number of carbonyl (C=O) groups excluding carboxylic acids is 2. The van der Waals surface area contributed by atoms with E-state index in [1.165, 1.54) is 11.1 Å². The van der Waals surface area contributed by atoms with E-state index in [2.05, 4.69) is 34.9 Å². The molecule has 0 aromatic heterocycles. The monoisotopic (exact) mass is 422 g/mol. The molecule has 0 saturated carbocycles. The van der Waals surface area contributed by atoms with Gasteiger partial charge in [0.15, 0.2) is 0 Å². The first-order valence-electron chi connectivity index (χ1n) is 11.9. The van der Waals surface area contributed by atoms with Gasteiger partial charge in [-0.25, -0.2) is 0 Å². The van der Waals surface area contributed by atoms with Crippen molar-refractivity contribution in [2.75, 3.05) is 13.1 Å². The highest BCUT2D eigenvalue weighted by Gasteiger charge is 2.02. The minimum atomic E-state index is 0.158. The fourth-order valence-corrected chi connectivity index (χ4v) is 3.61. The molecular weight excluding hydrogens is 384 g/mol. The topological polar surface area (TPSA) is 58.2 Å². The van der Waals surface area contributed by atoms with Crippen LogP contribution in [0.2, 0.25) is 0 Å². The van der Waals surface area contributed by atoms with Gasteiger partial charge in [-0.15, -0.1) is 0 Å². The number of benzene rings is 2. The zero-order chi connectivity index (χ0) is 22.0. The molecule has 0 unspecified atom stereocenters. The summed E-state index contributed by atoms with van der Waals surface area (Å²) in [5.41, 5.74) is 2.58. The lowest BCUT2D eigenvalue weighted by Gasteiger charge is -2.07. The molecule has 0 aliphatic heterocycles. The van der Waals surface area contributed by atoms with Crippen molar-refractivity contribution in [3.63, 3.8) is 0 Å². The van der Waals surface area contributed by atoms with E-state index in [0.29, 0.717) is 12.8 Å². The average molecular weight is 423 g/mol. The zero-order valence-electron chi connectivity index (χ0n) is 18.8. The molecule has 0 bridgehead atoms. The van der Waals surface area contributed by atoms with Crippen LogP contribution in [0.5, 0.6) is 0 Å². The van der Waals surface area contributed by atoms with Crippen LogP contribution in [0.1, 0.15) is 68.9 Å². The van der Waals surface area contributed by atoms with Crippen LogP contribution >= 0.6 is 0 Å². The van der Waals surface area contributed by atoms with Gasteiger partial charge in [0.1, 0.15) is 0 Å². The maximum absolute atomic E-state index is 11.9. The fraction of sp³-hybridized carbons (Fsp3) is 0.481. The number of aryl methyl sites for hydroxylation is 2. The molecule has 0 atom stereocenters. The Hall–Kier alpha value is -2.62. The Morgan fingerprint density at radius 1 is 0.516 bits per heavy atom. The Morgan fingerprint density at radius 3 is 1.32 bits per heavy atom.